The van der Waals surface area contributed by atoms with Crippen LogP contribution in [0.3, 0.4) is 0 Å². The largest absolute Gasteiger partial charge is 0.486 e. The van der Waals surface area contributed by atoms with Crippen LogP contribution < -0.4 is 5.19 Å². The summed E-state index contributed by atoms with van der Waals surface area (Å²) in [6.45, 7) is 12.8. The number of hydrogen-bond donors (Lipinski definition) is 0. The van der Waals surface area contributed by atoms with Crippen LogP contribution in [0.1, 0.15) is 36.6 Å². The van der Waals surface area contributed by atoms with E-state index >= 15 is 0 Å². The van der Waals surface area contributed by atoms with Gasteiger partial charge in [0, 0.05) is 61.2 Å². The Morgan fingerprint density at radius 3 is 2.24 bits per heavy atom. The molecule has 7 aromatic carbocycles. The first-order valence-corrected chi connectivity index (χ1v) is 25.6. The van der Waals surface area contributed by atoms with Crippen LogP contribution in [0, 0.1) is 31.8 Å². The average Bonchev–Trinajstić information content (AvgIpc) is 4.03. The van der Waals surface area contributed by atoms with E-state index in [1.807, 2.05) is 86.8 Å². The second-order valence-electron chi connectivity index (χ2n) is 17.9. The van der Waals surface area contributed by atoms with Gasteiger partial charge < -0.3 is 18.4 Å². The summed E-state index contributed by atoms with van der Waals surface area (Å²) in [5.74, 6) is -0.472. The number of furan rings is 2. The third kappa shape index (κ3) is 7.87. The van der Waals surface area contributed by atoms with Crippen LogP contribution in [0.4, 0.5) is 4.39 Å². The van der Waals surface area contributed by atoms with E-state index in [-0.39, 0.29) is 25.9 Å². The Balaban J connectivity index is 0.000000174. The van der Waals surface area contributed by atoms with Crippen molar-refractivity contribution in [2.45, 2.75) is 46.3 Å². The maximum atomic E-state index is 13.2. The molecular formula is C58H45FIrN4O2Si-2. The van der Waals surface area contributed by atoms with Gasteiger partial charge in [0.25, 0.3) is 0 Å². The number of rotatable bonds is 6. The van der Waals surface area contributed by atoms with Crippen LogP contribution in [-0.4, -0.2) is 27.6 Å². The van der Waals surface area contributed by atoms with Gasteiger partial charge in [-0.1, -0.05) is 135 Å². The first-order chi connectivity index (χ1) is 32.3. The molecule has 9 heteroatoms. The molecule has 0 saturated heterocycles. The molecule has 0 aliphatic heterocycles. The summed E-state index contributed by atoms with van der Waals surface area (Å²) in [5, 5.41) is 7.63. The van der Waals surface area contributed by atoms with Gasteiger partial charge in [-0.2, -0.15) is 0 Å². The van der Waals surface area contributed by atoms with Crippen LogP contribution in [0.5, 0.6) is 0 Å². The van der Waals surface area contributed by atoms with Gasteiger partial charge in [-0.15, -0.1) is 47.5 Å². The van der Waals surface area contributed by atoms with Crippen molar-refractivity contribution in [1.29, 1.82) is 0 Å². The minimum Gasteiger partial charge on any atom is -0.486 e. The standard InChI is InChI=1S/C36H22N3O2.C22H23FNSi.Ir/c1-20-14-16-27(34-32(20)26-17-15-21(2)37-36(26)41-34)35-38-28-18-22-8-3-4-9-23(22)19-30(28)39(35)29-12-7-11-25-24-10-5-6-13-31(24)40-33(25)29;1-16(17-8-6-5-7-9-17)20-14-21(18-10-12-19(23)13-11-18)24-15-22(20)25(2,3)4;/h3-15,17-19H,1-2H3;5-10,12-16H,1-4H3;/q2*-1;/i;16D;. The van der Waals surface area contributed by atoms with E-state index in [4.69, 9.17) is 20.2 Å². The van der Waals surface area contributed by atoms with Gasteiger partial charge in [0.1, 0.15) is 5.58 Å². The number of benzene rings is 7. The number of para-hydroxylation sites is 2. The van der Waals surface area contributed by atoms with E-state index in [1.165, 1.54) is 17.3 Å². The zero-order chi connectivity index (χ0) is 46.2. The van der Waals surface area contributed by atoms with Crippen LogP contribution in [0.15, 0.2) is 167 Å². The Hall–Kier alpha value is -7.03. The van der Waals surface area contributed by atoms with Crippen molar-refractivity contribution >= 4 is 79.1 Å². The van der Waals surface area contributed by atoms with Crippen molar-refractivity contribution in [3.63, 3.8) is 0 Å². The van der Waals surface area contributed by atoms with Crippen LogP contribution in [0.25, 0.3) is 94.1 Å². The molecule has 12 aromatic rings. The number of imidazole rings is 1. The van der Waals surface area contributed by atoms with Crippen molar-refractivity contribution < 1.29 is 34.7 Å². The van der Waals surface area contributed by atoms with Crippen LogP contribution >= 0.6 is 0 Å². The second kappa shape index (κ2) is 17.3. The molecule has 1 radical (unpaired) electrons. The molecule has 0 aliphatic rings. The molecule has 331 valence electrons. The van der Waals surface area contributed by atoms with Crippen molar-refractivity contribution in [1.82, 2.24) is 19.5 Å². The number of pyridine rings is 2. The number of nitrogens with zero attached hydrogens (tertiary/aromatic N) is 4. The number of fused-ring (bicyclic) bond motifs is 8. The third-order valence-corrected chi connectivity index (χ3v) is 14.5. The Labute approximate surface area is 403 Å². The van der Waals surface area contributed by atoms with Gasteiger partial charge in [-0.25, -0.2) is 4.98 Å². The van der Waals surface area contributed by atoms with Crippen LogP contribution in [0.2, 0.25) is 19.6 Å². The molecule has 0 bridgehead atoms. The summed E-state index contributed by atoms with van der Waals surface area (Å²) < 4.78 is 37.6. The van der Waals surface area contributed by atoms with Crippen molar-refractivity contribution in [3.8, 4) is 28.3 Å². The maximum absolute atomic E-state index is 13.2. The smallest absolute Gasteiger partial charge is 0.216 e. The molecule has 5 heterocycles. The minimum atomic E-state index is -1.71. The van der Waals surface area contributed by atoms with Crippen molar-refractivity contribution in [2.75, 3.05) is 0 Å². The molecule has 6 nitrogen and oxygen atoms in total. The predicted octanol–water partition coefficient (Wildman–Crippen LogP) is 14.8. The fraction of sp³-hybridized carbons (Fsp3) is 0.121. The first kappa shape index (κ1) is 42.6. The molecule has 0 N–H and O–H groups in total. The third-order valence-electron chi connectivity index (χ3n) is 12.5. The van der Waals surface area contributed by atoms with E-state index in [0.717, 1.165) is 111 Å². The van der Waals surface area contributed by atoms with Gasteiger partial charge in [-0.3, -0.25) is 9.37 Å². The molecular weight excluding hydrogens is 1020 g/mol. The SMILES string of the molecule is Cc1ccc2c(n1)oc1c(-c3nc4cc5ccccc5cc4n3-c3cccc4c3oc3ccccc34)[c-]cc(C)c12.[2H]C(C)(c1ccccc1)c1cc(-c2[c-]cc(F)cc2)ncc1[Si](C)(C)C.[Ir]. The zero-order valence-electron chi connectivity index (χ0n) is 38.8. The average molecular weight is 1070 g/mol. The maximum Gasteiger partial charge on any atom is 0.216 e. The van der Waals surface area contributed by atoms with E-state index in [1.54, 1.807) is 6.07 Å². The Morgan fingerprint density at radius 2 is 1.46 bits per heavy atom. The Bertz CT molecular complexity index is 3870. The quantitative estimate of drug-likeness (QED) is 0.123. The molecule has 0 amide bonds. The monoisotopic (exact) mass is 1070 g/mol. The summed E-state index contributed by atoms with van der Waals surface area (Å²) in [6, 6.07) is 56.1. The zero-order valence-corrected chi connectivity index (χ0v) is 41.2. The molecule has 67 heavy (non-hydrogen) atoms. The number of aryl methyl sites for hydroxylation is 2. The van der Waals surface area contributed by atoms with Crippen molar-refractivity contribution in [3.05, 3.63) is 198 Å². The van der Waals surface area contributed by atoms with Gasteiger partial charge in [0.15, 0.2) is 5.58 Å². The topological polar surface area (TPSA) is 69.9 Å². The van der Waals surface area contributed by atoms with Gasteiger partial charge in [0.05, 0.1) is 36.2 Å². The van der Waals surface area contributed by atoms with Gasteiger partial charge >= 0.3 is 0 Å². The number of hydrogen-bond acceptors (Lipinski definition) is 5. The fourth-order valence-electron chi connectivity index (χ4n) is 9.13. The molecule has 0 aliphatic carbocycles. The summed E-state index contributed by atoms with van der Waals surface area (Å²) in [6.07, 6.45) is 1.91. The molecule has 1 atom stereocenters. The van der Waals surface area contributed by atoms with E-state index in [0.29, 0.717) is 5.71 Å². The summed E-state index contributed by atoms with van der Waals surface area (Å²) in [5.41, 5.74) is 12.0. The van der Waals surface area contributed by atoms with E-state index < -0.39 is 14.0 Å². The molecule has 0 saturated carbocycles. The summed E-state index contributed by atoms with van der Waals surface area (Å²) >= 11 is 0. The molecule has 0 fully saturated rings. The Kier molecular flexibility index (Phi) is 11.0. The number of aromatic nitrogens is 4. The predicted molar refractivity (Wildman–Crippen MR) is 270 cm³/mol. The van der Waals surface area contributed by atoms with E-state index in [2.05, 4.69) is 115 Å². The molecule has 12 rings (SSSR count). The van der Waals surface area contributed by atoms with E-state index in [9.17, 15) is 4.39 Å². The molecule has 5 aromatic heterocycles. The van der Waals surface area contributed by atoms with Crippen molar-refractivity contribution in [2.24, 2.45) is 0 Å². The normalized spacial score (nSPS) is 12.9. The Morgan fingerprint density at radius 1 is 0.716 bits per heavy atom. The molecule has 1 unspecified atom stereocenters. The number of halogens is 1. The van der Waals surface area contributed by atoms with Gasteiger partial charge in [-0.05, 0) is 76.1 Å². The van der Waals surface area contributed by atoms with Crippen LogP contribution in [-0.2, 0) is 20.1 Å². The fourth-order valence-corrected chi connectivity index (χ4v) is 10.6. The first-order valence-electron chi connectivity index (χ1n) is 22.6. The summed E-state index contributed by atoms with van der Waals surface area (Å²) in [7, 11) is -1.71. The molecule has 0 spiro atoms. The summed E-state index contributed by atoms with van der Waals surface area (Å²) in [4.78, 5) is 14.5. The second-order valence-corrected chi connectivity index (χ2v) is 23.0. The minimum absolute atomic E-state index is 0. The van der Waals surface area contributed by atoms with Gasteiger partial charge in [0.2, 0.25) is 5.71 Å².